The van der Waals surface area contributed by atoms with E-state index >= 15 is 0 Å². The van der Waals surface area contributed by atoms with Crippen molar-refractivity contribution in [3.05, 3.63) is 96.1 Å². The maximum atomic E-state index is 5.70. The van der Waals surface area contributed by atoms with Crippen molar-refractivity contribution in [1.82, 2.24) is 0 Å². The van der Waals surface area contributed by atoms with Gasteiger partial charge in [0.25, 0.3) is 0 Å². The molecule has 0 aliphatic heterocycles. The van der Waals surface area contributed by atoms with E-state index in [1.807, 2.05) is 30.3 Å². The van der Waals surface area contributed by atoms with E-state index in [2.05, 4.69) is 66.4 Å². The third-order valence-corrected chi connectivity index (χ3v) is 4.46. The summed E-state index contributed by atoms with van der Waals surface area (Å²) in [6, 6.07) is 29.2. The zero-order valence-corrected chi connectivity index (χ0v) is 14.1. The van der Waals surface area contributed by atoms with E-state index in [-0.39, 0.29) is 6.10 Å². The molecule has 1 heteroatoms. The standard InChI is InChI=1S/C24H18O/c1-25-24(17-14-18-8-3-2-4-9-18)23-13-7-12-21-20-11-6-5-10-19(20)15-16-22(21)23/h2-13,15-16,24H,1H3. The first-order valence-corrected chi connectivity index (χ1v) is 8.36. The predicted molar refractivity (Wildman–Crippen MR) is 105 cm³/mol. The topological polar surface area (TPSA) is 9.23 Å². The van der Waals surface area contributed by atoms with Crippen LogP contribution in [0.5, 0.6) is 0 Å². The lowest BCUT2D eigenvalue weighted by Gasteiger charge is -2.14. The second kappa shape index (κ2) is 6.81. The number of fused-ring (bicyclic) bond motifs is 3. The molecule has 25 heavy (non-hydrogen) atoms. The summed E-state index contributed by atoms with van der Waals surface area (Å²) >= 11 is 0. The molecule has 0 aliphatic carbocycles. The van der Waals surface area contributed by atoms with Gasteiger partial charge in [-0.05, 0) is 33.7 Å². The Morgan fingerprint density at radius 1 is 0.680 bits per heavy atom. The molecule has 0 aromatic heterocycles. The van der Waals surface area contributed by atoms with Crippen LogP contribution >= 0.6 is 0 Å². The minimum absolute atomic E-state index is 0.259. The van der Waals surface area contributed by atoms with Crippen LogP contribution in [0.2, 0.25) is 0 Å². The lowest BCUT2D eigenvalue weighted by molar-refractivity contribution is 0.151. The van der Waals surface area contributed by atoms with Gasteiger partial charge in [0, 0.05) is 18.2 Å². The van der Waals surface area contributed by atoms with Gasteiger partial charge in [-0.1, -0.05) is 84.6 Å². The Balaban J connectivity index is 1.85. The summed E-state index contributed by atoms with van der Waals surface area (Å²) < 4.78 is 5.70. The van der Waals surface area contributed by atoms with E-state index < -0.39 is 0 Å². The third-order valence-electron chi connectivity index (χ3n) is 4.46. The fraction of sp³-hybridized carbons (Fsp3) is 0.0833. The van der Waals surface area contributed by atoms with Crippen LogP contribution in [0.1, 0.15) is 17.2 Å². The molecule has 0 amide bonds. The second-order valence-electron chi connectivity index (χ2n) is 5.98. The zero-order valence-electron chi connectivity index (χ0n) is 14.1. The number of ether oxygens (including phenoxy) is 1. The second-order valence-corrected chi connectivity index (χ2v) is 5.98. The monoisotopic (exact) mass is 322 g/mol. The molecule has 120 valence electrons. The molecule has 0 saturated heterocycles. The fourth-order valence-electron chi connectivity index (χ4n) is 3.23. The Bertz CT molecular complexity index is 1080. The fourth-order valence-corrected chi connectivity index (χ4v) is 3.23. The van der Waals surface area contributed by atoms with Gasteiger partial charge in [-0.2, -0.15) is 0 Å². The molecule has 0 fully saturated rings. The van der Waals surface area contributed by atoms with Gasteiger partial charge in [-0.3, -0.25) is 0 Å². The average Bonchev–Trinajstić information content (AvgIpc) is 2.69. The molecule has 0 bridgehead atoms. The molecule has 0 heterocycles. The van der Waals surface area contributed by atoms with Gasteiger partial charge in [0.1, 0.15) is 6.10 Å². The normalized spacial score (nSPS) is 11.9. The van der Waals surface area contributed by atoms with Gasteiger partial charge in [-0.25, -0.2) is 0 Å². The SMILES string of the molecule is COC(C#Cc1ccccc1)c1cccc2c1ccc1ccccc12. The maximum absolute atomic E-state index is 5.70. The van der Waals surface area contributed by atoms with Gasteiger partial charge in [-0.15, -0.1) is 0 Å². The highest BCUT2D eigenvalue weighted by atomic mass is 16.5. The highest BCUT2D eigenvalue weighted by Gasteiger charge is 2.12. The van der Waals surface area contributed by atoms with Crippen molar-refractivity contribution in [1.29, 1.82) is 0 Å². The molecule has 0 spiro atoms. The van der Waals surface area contributed by atoms with Crippen molar-refractivity contribution >= 4 is 21.5 Å². The smallest absolute Gasteiger partial charge is 0.144 e. The lowest BCUT2D eigenvalue weighted by atomic mass is 9.96. The molecule has 0 saturated carbocycles. The number of benzene rings is 4. The Hall–Kier alpha value is -3.08. The Labute approximate surface area is 147 Å². The summed E-state index contributed by atoms with van der Waals surface area (Å²) in [5.74, 6) is 6.49. The summed E-state index contributed by atoms with van der Waals surface area (Å²) in [6.07, 6.45) is -0.259. The molecule has 1 atom stereocenters. The Morgan fingerprint density at radius 2 is 1.44 bits per heavy atom. The van der Waals surface area contributed by atoms with Crippen LogP contribution in [0.15, 0.2) is 84.9 Å². The lowest BCUT2D eigenvalue weighted by Crippen LogP contribution is -1.99. The van der Waals surface area contributed by atoms with Crippen molar-refractivity contribution in [2.45, 2.75) is 6.10 Å². The minimum Gasteiger partial charge on any atom is -0.364 e. The summed E-state index contributed by atoms with van der Waals surface area (Å²) in [5.41, 5.74) is 2.10. The number of hydrogen-bond donors (Lipinski definition) is 0. The van der Waals surface area contributed by atoms with Crippen LogP contribution in [0.4, 0.5) is 0 Å². The van der Waals surface area contributed by atoms with Gasteiger partial charge >= 0.3 is 0 Å². The molecule has 0 N–H and O–H groups in total. The van der Waals surface area contributed by atoms with Crippen LogP contribution < -0.4 is 0 Å². The maximum Gasteiger partial charge on any atom is 0.144 e. The molecule has 4 aromatic rings. The van der Waals surface area contributed by atoms with Crippen LogP contribution in [0, 0.1) is 11.8 Å². The minimum atomic E-state index is -0.259. The number of hydrogen-bond acceptors (Lipinski definition) is 1. The van der Waals surface area contributed by atoms with Crippen LogP contribution in [0.3, 0.4) is 0 Å². The highest BCUT2D eigenvalue weighted by molar-refractivity contribution is 6.08. The summed E-state index contributed by atoms with van der Waals surface area (Å²) in [6.45, 7) is 0. The zero-order chi connectivity index (χ0) is 17.1. The van der Waals surface area contributed by atoms with Crippen molar-refractivity contribution in [3.8, 4) is 11.8 Å². The van der Waals surface area contributed by atoms with E-state index in [1.54, 1.807) is 7.11 Å². The van der Waals surface area contributed by atoms with Crippen LogP contribution in [-0.4, -0.2) is 7.11 Å². The summed E-state index contributed by atoms with van der Waals surface area (Å²) in [4.78, 5) is 0. The predicted octanol–water partition coefficient (Wildman–Crippen LogP) is 5.73. The van der Waals surface area contributed by atoms with Crippen LogP contribution in [0.25, 0.3) is 21.5 Å². The highest BCUT2D eigenvalue weighted by Crippen LogP contribution is 2.31. The van der Waals surface area contributed by atoms with Gasteiger partial charge < -0.3 is 4.74 Å². The first-order valence-electron chi connectivity index (χ1n) is 8.36. The molecule has 1 nitrogen and oxygen atoms in total. The Kier molecular flexibility index (Phi) is 4.21. The summed E-state index contributed by atoms with van der Waals surface area (Å²) in [5, 5.41) is 4.93. The average molecular weight is 322 g/mol. The van der Waals surface area contributed by atoms with E-state index in [4.69, 9.17) is 4.74 Å². The van der Waals surface area contributed by atoms with Gasteiger partial charge in [0.05, 0.1) is 0 Å². The van der Waals surface area contributed by atoms with E-state index in [0.29, 0.717) is 0 Å². The Morgan fingerprint density at radius 3 is 2.28 bits per heavy atom. The van der Waals surface area contributed by atoms with Crippen molar-refractivity contribution in [3.63, 3.8) is 0 Å². The largest absolute Gasteiger partial charge is 0.364 e. The summed E-state index contributed by atoms with van der Waals surface area (Å²) in [7, 11) is 1.71. The first-order chi connectivity index (χ1) is 12.4. The van der Waals surface area contributed by atoms with E-state index in [1.165, 1.54) is 21.5 Å². The molecule has 4 aromatic carbocycles. The quantitative estimate of drug-likeness (QED) is 0.338. The molecular formula is C24H18O. The number of rotatable bonds is 2. The van der Waals surface area contributed by atoms with E-state index in [9.17, 15) is 0 Å². The number of methoxy groups -OCH3 is 1. The molecule has 4 rings (SSSR count). The van der Waals surface area contributed by atoms with Crippen molar-refractivity contribution in [2.24, 2.45) is 0 Å². The van der Waals surface area contributed by atoms with Gasteiger partial charge in [0.15, 0.2) is 0 Å². The first kappa shape index (κ1) is 15.4. The third kappa shape index (κ3) is 3.01. The molecule has 1 unspecified atom stereocenters. The van der Waals surface area contributed by atoms with Crippen LogP contribution in [-0.2, 0) is 4.74 Å². The molecular weight excluding hydrogens is 304 g/mol. The molecule has 0 radical (unpaired) electrons. The van der Waals surface area contributed by atoms with Crippen molar-refractivity contribution in [2.75, 3.05) is 7.11 Å². The van der Waals surface area contributed by atoms with Gasteiger partial charge in [0.2, 0.25) is 0 Å². The van der Waals surface area contributed by atoms with E-state index in [0.717, 1.165) is 11.1 Å². The van der Waals surface area contributed by atoms with Crippen molar-refractivity contribution < 1.29 is 4.74 Å². The molecule has 0 aliphatic rings.